The zero-order valence-corrected chi connectivity index (χ0v) is 25.5. The van der Waals surface area contributed by atoms with Crippen molar-refractivity contribution in [1.29, 1.82) is 0 Å². The van der Waals surface area contributed by atoms with Gasteiger partial charge in [-0.15, -0.1) is 5.06 Å². The van der Waals surface area contributed by atoms with Crippen molar-refractivity contribution in [2.24, 2.45) is 5.41 Å². The molecule has 1 saturated heterocycles. The molecular formula is C32H51NO14. The van der Waals surface area contributed by atoms with Crippen LogP contribution in [0.3, 0.4) is 0 Å². The van der Waals surface area contributed by atoms with Crippen molar-refractivity contribution in [3.8, 4) is 0 Å². The van der Waals surface area contributed by atoms with E-state index in [2.05, 4.69) is 19.7 Å². The van der Waals surface area contributed by atoms with Crippen LogP contribution < -0.4 is 0 Å². The third kappa shape index (κ3) is 20.7. The zero-order valence-electron chi connectivity index (χ0n) is 25.5. The van der Waals surface area contributed by atoms with Gasteiger partial charge in [0.1, 0.15) is 0 Å². The van der Waals surface area contributed by atoms with E-state index in [1.54, 1.807) is 0 Å². The van der Waals surface area contributed by atoms with E-state index in [0.29, 0.717) is 24.3 Å². The van der Waals surface area contributed by atoms with Crippen LogP contribution >= 0.6 is 0 Å². The lowest BCUT2D eigenvalue weighted by molar-refractivity contribution is -0.198. The molecule has 1 aliphatic heterocycles. The number of hydrogen-bond donors (Lipinski definition) is 0. The fourth-order valence-electron chi connectivity index (χ4n) is 3.54. The van der Waals surface area contributed by atoms with Gasteiger partial charge in [0.2, 0.25) is 0 Å². The molecule has 1 rings (SSSR count). The molecule has 0 unspecified atom stereocenters. The summed E-state index contributed by atoms with van der Waals surface area (Å²) in [4.78, 5) is 74.2. The minimum Gasteiger partial charge on any atom is -0.462 e. The molecule has 47 heavy (non-hydrogen) atoms. The van der Waals surface area contributed by atoms with Gasteiger partial charge in [0.25, 0.3) is 11.8 Å². The van der Waals surface area contributed by atoms with Crippen molar-refractivity contribution in [1.82, 2.24) is 5.06 Å². The summed E-state index contributed by atoms with van der Waals surface area (Å²) in [5, 5.41) is 0.465. The lowest BCUT2D eigenvalue weighted by Gasteiger charge is -2.33. The van der Waals surface area contributed by atoms with Gasteiger partial charge in [-0.2, -0.15) is 0 Å². The Labute approximate surface area is 277 Å². The molecule has 0 radical (unpaired) electrons. The molecule has 0 atom stereocenters. The van der Waals surface area contributed by atoms with Crippen LogP contribution in [0.1, 0.15) is 53.4 Å². The highest BCUT2D eigenvalue weighted by atomic mass is 16.7. The Morgan fingerprint density at radius 1 is 0.596 bits per heavy atom. The van der Waals surface area contributed by atoms with Gasteiger partial charge in [0.05, 0.1) is 64.7 Å². The quantitative estimate of drug-likeness (QED) is 0.0408. The van der Waals surface area contributed by atoms with Crippen LogP contribution in [0.25, 0.3) is 0 Å². The highest BCUT2D eigenvalue weighted by molar-refractivity contribution is 6.01. The Morgan fingerprint density at radius 3 is 1.28 bits per heavy atom. The average molecular weight is 674 g/mol. The van der Waals surface area contributed by atoms with Gasteiger partial charge < -0.3 is 38.0 Å². The van der Waals surface area contributed by atoms with E-state index in [4.69, 9.17) is 38.0 Å². The van der Waals surface area contributed by atoms with Crippen LogP contribution in [-0.2, 0) is 66.8 Å². The van der Waals surface area contributed by atoms with Gasteiger partial charge in [0, 0.05) is 70.2 Å². The molecular weight excluding hydrogens is 622 g/mol. The van der Waals surface area contributed by atoms with Crippen molar-refractivity contribution >= 4 is 35.7 Å². The van der Waals surface area contributed by atoms with Crippen LogP contribution in [0, 0.1) is 5.41 Å². The van der Waals surface area contributed by atoms with Crippen molar-refractivity contribution in [3.05, 3.63) is 38.0 Å². The highest BCUT2D eigenvalue weighted by Crippen LogP contribution is 2.22. The number of carbonyl (C=O) groups excluding carboxylic acids is 6. The number of amides is 2. The maximum Gasteiger partial charge on any atom is 0.335 e. The molecule has 0 saturated carbocycles. The molecule has 0 spiro atoms. The van der Waals surface area contributed by atoms with Crippen LogP contribution in [0.5, 0.6) is 0 Å². The maximum absolute atomic E-state index is 12.2. The topological polar surface area (TPSA) is 180 Å². The lowest BCUT2D eigenvalue weighted by Crippen LogP contribution is -2.42. The summed E-state index contributed by atoms with van der Waals surface area (Å²) < 4.78 is 38.2. The van der Waals surface area contributed by atoms with E-state index >= 15 is 0 Å². The number of esters is 3. The normalized spacial score (nSPS) is 12.3. The Morgan fingerprint density at radius 2 is 0.936 bits per heavy atom. The highest BCUT2D eigenvalue weighted by Gasteiger charge is 2.34. The van der Waals surface area contributed by atoms with Crippen LogP contribution in [0.15, 0.2) is 38.0 Å². The molecule has 0 aliphatic carbocycles. The Balaban J connectivity index is 0. The zero-order chi connectivity index (χ0) is 33.3. The summed E-state index contributed by atoms with van der Waals surface area (Å²) >= 11 is 0. The molecule has 15 heteroatoms. The third-order valence-electron chi connectivity index (χ3n) is 5.81. The summed E-state index contributed by atoms with van der Waals surface area (Å²) in [6.45, 7) is 11.2. The number of hydrogen-bond acceptors (Lipinski definition) is 14. The average Bonchev–Trinajstić information content (AvgIpc) is 3.35. The first-order valence-corrected chi connectivity index (χ1v) is 14.4. The Bertz CT molecular complexity index is 917. The summed E-state index contributed by atoms with van der Waals surface area (Å²) in [5.74, 6) is -3.63. The van der Waals surface area contributed by atoms with Gasteiger partial charge in [-0.3, -0.25) is 9.59 Å². The molecule has 0 aromatic rings. The number of nitrogens with zero attached hydrogens (tertiary/aromatic N) is 1. The molecule has 0 aromatic carbocycles. The molecule has 15 nitrogen and oxygen atoms in total. The summed E-state index contributed by atoms with van der Waals surface area (Å²) in [6, 6.07) is 0. The van der Waals surface area contributed by atoms with Gasteiger partial charge in [-0.25, -0.2) is 19.2 Å². The Hall–Kier alpha value is -3.92. The Kier molecular flexibility index (Phi) is 26.2. The smallest absolute Gasteiger partial charge is 0.335 e. The predicted molar refractivity (Wildman–Crippen MR) is 168 cm³/mol. The van der Waals surface area contributed by atoms with Gasteiger partial charge in [-0.1, -0.05) is 34.6 Å². The van der Waals surface area contributed by atoms with E-state index < -0.39 is 41.1 Å². The van der Waals surface area contributed by atoms with E-state index in [1.165, 1.54) is 0 Å². The summed E-state index contributed by atoms with van der Waals surface area (Å²) in [7, 11) is 0. The largest absolute Gasteiger partial charge is 0.462 e. The fraction of sp³-hybridized carbons (Fsp3) is 0.625. The number of ether oxygens (including phenoxy) is 7. The standard InChI is InChI=1S/C30H43NO14.2CH4/c1-4-26(34)42-16-7-13-38-20-30(21-39-14-8-17-43-27(35)5-2,22-40-15-9-18-44-28(36)6-3)23-41-19-12-29(37)45-31-24(32)10-11-25(31)33;;/h4-6H,1-3,7-23H2;2*1H4. The third-order valence-corrected chi connectivity index (χ3v) is 5.81. The monoisotopic (exact) mass is 673 g/mol. The molecule has 1 aliphatic rings. The molecule has 0 N–H and O–H groups in total. The number of rotatable bonds is 27. The second-order valence-electron chi connectivity index (χ2n) is 9.68. The van der Waals surface area contributed by atoms with E-state index in [-0.39, 0.29) is 107 Å². The minimum absolute atomic E-state index is 0. The molecule has 0 aromatic heterocycles. The van der Waals surface area contributed by atoms with Crippen molar-refractivity contribution < 1.29 is 66.8 Å². The molecule has 1 fully saturated rings. The molecule has 0 bridgehead atoms. The summed E-state index contributed by atoms with van der Waals surface area (Å²) in [6.07, 6.45) is 4.11. The van der Waals surface area contributed by atoms with Crippen molar-refractivity contribution in [2.75, 3.05) is 72.7 Å². The summed E-state index contributed by atoms with van der Waals surface area (Å²) in [5.41, 5.74) is -0.891. The van der Waals surface area contributed by atoms with Gasteiger partial charge in [-0.05, 0) is 0 Å². The number of hydroxylamine groups is 2. The first-order valence-electron chi connectivity index (χ1n) is 14.4. The van der Waals surface area contributed by atoms with Gasteiger partial charge >= 0.3 is 23.9 Å². The van der Waals surface area contributed by atoms with Crippen LogP contribution in [0.4, 0.5) is 0 Å². The predicted octanol–water partition coefficient (Wildman–Crippen LogP) is 2.67. The van der Waals surface area contributed by atoms with E-state index in [9.17, 15) is 28.8 Å². The maximum atomic E-state index is 12.2. The first-order chi connectivity index (χ1) is 21.7. The lowest BCUT2D eigenvalue weighted by atomic mass is 9.92. The van der Waals surface area contributed by atoms with Gasteiger partial charge in [0.15, 0.2) is 0 Å². The number of carbonyl (C=O) groups is 6. The molecule has 2 amide bonds. The van der Waals surface area contributed by atoms with Crippen LogP contribution in [-0.4, -0.2) is 113 Å². The number of imide groups is 1. The molecule has 268 valence electrons. The minimum atomic E-state index is -0.891. The van der Waals surface area contributed by atoms with Crippen LogP contribution in [0.2, 0.25) is 0 Å². The SMILES string of the molecule is C.C.C=CC(=O)OCCCOCC(COCCCOC(=O)C=C)(COCCCOC(=O)C=C)COCCC(=O)ON1C(=O)CCC1=O. The second-order valence-corrected chi connectivity index (χ2v) is 9.68. The van der Waals surface area contributed by atoms with E-state index in [0.717, 1.165) is 18.2 Å². The van der Waals surface area contributed by atoms with Crippen molar-refractivity contribution in [3.63, 3.8) is 0 Å². The second kappa shape index (κ2) is 27.2. The first kappa shape index (κ1) is 45.2. The fourth-order valence-corrected chi connectivity index (χ4v) is 3.54. The van der Waals surface area contributed by atoms with E-state index in [1.807, 2.05) is 0 Å². The molecule has 1 heterocycles. The van der Waals surface area contributed by atoms with Crippen molar-refractivity contribution in [2.45, 2.75) is 53.4 Å².